The van der Waals surface area contributed by atoms with Gasteiger partial charge in [-0.1, -0.05) is 61.5 Å². The predicted octanol–water partition coefficient (Wildman–Crippen LogP) is 4.67. The van der Waals surface area contributed by atoms with E-state index in [4.69, 9.17) is 9.15 Å². The van der Waals surface area contributed by atoms with Gasteiger partial charge in [-0.3, -0.25) is 4.79 Å². The molecule has 3 aromatic rings. The van der Waals surface area contributed by atoms with Crippen LogP contribution in [-0.4, -0.2) is 28.8 Å². The molecule has 0 amide bonds. The molecule has 1 heterocycles. The van der Waals surface area contributed by atoms with Crippen molar-refractivity contribution in [3.05, 3.63) is 59.7 Å². The zero-order chi connectivity index (χ0) is 18.4. The van der Waals surface area contributed by atoms with Gasteiger partial charge in [0.05, 0.1) is 18.4 Å². The van der Waals surface area contributed by atoms with Gasteiger partial charge in [0, 0.05) is 5.56 Å². The molecular weight excluding hydrogens is 348 g/mol. The quantitative estimate of drug-likeness (QED) is 0.425. The number of thioether (sulfide) groups is 1. The Kier molecular flexibility index (Phi) is 6.07. The zero-order valence-corrected chi connectivity index (χ0v) is 15.6. The lowest BCUT2D eigenvalue weighted by Gasteiger charge is -2.03. The first kappa shape index (κ1) is 18.2. The summed E-state index contributed by atoms with van der Waals surface area (Å²) in [7, 11) is 1.59. The number of aryl methyl sites for hydroxylation is 1. The van der Waals surface area contributed by atoms with E-state index in [1.807, 2.05) is 48.5 Å². The molecule has 0 unspecified atom stereocenters. The SMILES string of the molecule is CCCc1ccc(C(=O)CSc2nnc(-c3ccccc3OC)o2)cc1. The molecule has 0 saturated carbocycles. The zero-order valence-electron chi connectivity index (χ0n) is 14.8. The maximum Gasteiger partial charge on any atom is 0.277 e. The van der Waals surface area contributed by atoms with Gasteiger partial charge in [0.15, 0.2) is 5.78 Å². The minimum absolute atomic E-state index is 0.0371. The molecule has 0 aliphatic carbocycles. The van der Waals surface area contributed by atoms with Gasteiger partial charge in [-0.25, -0.2) is 0 Å². The van der Waals surface area contributed by atoms with Crippen LogP contribution in [0.15, 0.2) is 58.2 Å². The number of ketones is 1. The van der Waals surface area contributed by atoms with Crippen LogP contribution >= 0.6 is 11.8 Å². The van der Waals surface area contributed by atoms with Crippen LogP contribution in [0.2, 0.25) is 0 Å². The predicted molar refractivity (Wildman–Crippen MR) is 102 cm³/mol. The molecule has 2 aromatic carbocycles. The summed E-state index contributed by atoms with van der Waals surface area (Å²) in [5.41, 5.74) is 2.67. The highest BCUT2D eigenvalue weighted by molar-refractivity contribution is 7.99. The Bertz CT molecular complexity index is 875. The number of rotatable bonds is 8. The van der Waals surface area contributed by atoms with Crippen LogP contribution in [-0.2, 0) is 6.42 Å². The van der Waals surface area contributed by atoms with E-state index in [9.17, 15) is 4.79 Å². The fourth-order valence-corrected chi connectivity index (χ4v) is 3.21. The van der Waals surface area contributed by atoms with E-state index in [1.54, 1.807) is 7.11 Å². The second-order valence-corrected chi connectivity index (χ2v) is 6.66. The smallest absolute Gasteiger partial charge is 0.277 e. The number of methoxy groups -OCH3 is 1. The van der Waals surface area contributed by atoms with Crippen LogP contribution in [0.4, 0.5) is 0 Å². The summed E-state index contributed by atoms with van der Waals surface area (Å²) in [6, 6.07) is 15.2. The molecule has 0 fully saturated rings. The molecule has 0 aliphatic heterocycles. The van der Waals surface area contributed by atoms with Crippen molar-refractivity contribution in [1.82, 2.24) is 10.2 Å². The topological polar surface area (TPSA) is 65.2 Å². The van der Waals surface area contributed by atoms with Crippen molar-refractivity contribution in [2.24, 2.45) is 0 Å². The lowest BCUT2D eigenvalue weighted by atomic mass is 10.1. The summed E-state index contributed by atoms with van der Waals surface area (Å²) < 4.78 is 11.0. The van der Waals surface area contributed by atoms with Crippen molar-refractivity contribution >= 4 is 17.5 Å². The van der Waals surface area contributed by atoms with E-state index >= 15 is 0 Å². The van der Waals surface area contributed by atoms with Gasteiger partial charge in [0.2, 0.25) is 0 Å². The monoisotopic (exact) mass is 368 g/mol. The minimum Gasteiger partial charge on any atom is -0.496 e. The molecule has 0 spiro atoms. The van der Waals surface area contributed by atoms with Crippen molar-refractivity contribution in [1.29, 1.82) is 0 Å². The summed E-state index contributed by atoms with van der Waals surface area (Å²) in [4.78, 5) is 12.3. The van der Waals surface area contributed by atoms with E-state index in [0.717, 1.165) is 18.4 Å². The van der Waals surface area contributed by atoms with E-state index in [1.165, 1.54) is 17.3 Å². The summed E-state index contributed by atoms with van der Waals surface area (Å²) in [6.45, 7) is 2.14. The first-order chi connectivity index (χ1) is 12.7. The van der Waals surface area contributed by atoms with Gasteiger partial charge in [0.1, 0.15) is 5.75 Å². The highest BCUT2D eigenvalue weighted by Crippen LogP contribution is 2.30. The molecule has 3 rings (SSSR count). The van der Waals surface area contributed by atoms with Crippen LogP contribution in [0.3, 0.4) is 0 Å². The fraction of sp³-hybridized carbons (Fsp3) is 0.250. The lowest BCUT2D eigenvalue weighted by Crippen LogP contribution is -2.02. The molecule has 0 saturated heterocycles. The summed E-state index contributed by atoms with van der Waals surface area (Å²) in [6.07, 6.45) is 2.12. The summed E-state index contributed by atoms with van der Waals surface area (Å²) in [5, 5.41) is 8.42. The average molecular weight is 368 g/mol. The molecule has 5 nitrogen and oxygen atoms in total. The van der Waals surface area contributed by atoms with Crippen molar-refractivity contribution < 1.29 is 13.9 Å². The Morgan fingerprint density at radius 3 is 2.62 bits per heavy atom. The standard InChI is InChI=1S/C20H20N2O3S/c1-3-6-14-9-11-15(12-10-14)17(23)13-26-20-22-21-19(25-20)16-7-4-5-8-18(16)24-2/h4-5,7-12H,3,6,13H2,1-2H3. The van der Waals surface area contributed by atoms with E-state index in [-0.39, 0.29) is 11.5 Å². The number of carbonyl (C=O) groups excluding carboxylic acids is 1. The highest BCUT2D eigenvalue weighted by Gasteiger charge is 2.15. The van der Waals surface area contributed by atoms with Gasteiger partial charge in [0.25, 0.3) is 11.1 Å². The van der Waals surface area contributed by atoms with E-state index in [2.05, 4.69) is 17.1 Å². The second-order valence-electron chi connectivity index (χ2n) is 5.73. The minimum atomic E-state index is 0.0371. The first-order valence-corrected chi connectivity index (χ1v) is 9.41. The molecule has 0 atom stereocenters. The largest absolute Gasteiger partial charge is 0.496 e. The van der Waals surface area contributed by atoms with E-state index in [0.29, 0.717) is 22.4 Å². The molecule has 6 heteroatoms. The third-order valence-electron chi connectivity index (χ3n) is 3.89. The van der Waals surface area contributed by atoms with Crippen LogP contribution in [0.1, 0.15) is 29.3 Å². The third kappa shape index (κ3) is 4.32. The number of hydrogen-bond donors (Lipinski definition) is 0. The Morgan fingerprint density at radius 2 is 1.88 bits per heavy atom. The molecular formula is C20H20N2O3S. The number of ether oxygens (including phenoxy) is 1. The molecule has 0 bridgehead atoms. The van der Waals surface area contributed by atoms with Crippen LogP contribution < -0.4 is 4.74 Å². The molecule has 26 heavy (non-hydrogen) atoms. The van der Waals surface area contributed by atoms with Crippen LogP contribution in [0, 0.1) is 0 Å². The van der Waals surface area contributed by atoms with Gasteiger partial charge in [-0.15, -0.1) is 10.2 Å². The van der Waals surface area contributed by atoms with Crippen molar-refractivity contribution in [3.8, 4) is 17.2 Å². The van der Waals surface area contributed by atoms with Crippen LogP contribution in [0.5, 0.6) is 5.75 Å². The maximum atomic E-state index is 12.3. The lowest BCUT2D eigenvalue weighted by molar-refractivity contribution is 0.102. The first-order valence-electron chi connectivity index (χ1n) is 8.43. The number of Topliss-reactive ketones (excluding diaryl/α,β-unsaturated/α-hetero) is 1. The number of carbonyl (C=O) groups is 1. The molecule has 1 aromatic heterocycles. The van der Waals surface area contributed by atoms with Crippen molar-refractivity contribution in [3.63, 3.8) is 0 Å². The van der Waals surface area contributed by atoms with Crippen molar-refractivity contribution in [2.45, 2.75) is 25.0 Å². The number of para-hydroxylation sites is 1. The molecule has 0 radical (unpaired) electrons. The molecule has 0 N–H and O–H groups in total. The van der Waals surface area contributed by atoms with Crippen LogP contribution in [0.25, 0.3) is 11.5 Å². The van der Waals surface area contributed by atoms with Gasteiger partial charge in [-0.05, 0) is 24.1 Å². The number of aromatic nitrogens is 2. The fourth-order valence-electron chi connectivity index (χ4n) is 2.55. The summed E-state index contributed by atoms with van der Waals surface area (Å²) in [5.74, 6) is 1.33. The maximum absolute atomic E-state index is 12.3. The normalized spacial score (nSPS) is 10.7. The Balaban J connectivity index is 1.63. The highest BCUT2D eigenvalue weighted by atomic mass is 32.2. The van der Waals surface area contributed by atoms with E-state index < -0.39 is 0 Å². The number of nitrogens with zero attached hydrogens (tertiary/aromatic N) is 2. The van der Waals surface area contributed by atoms with Gasteiger partial charge >= 0.3 is 0 Å². The Morgan fingerprint density at radius 1 is 1.12 bits per heavy atom. The third-order valence-corrected chi connectivity index (χ3v) is 4.70. The van der Waals surface area contributed by atoms with Gasteiger partial charge < -0.3 is 9.15 Å². The Hall–Kier alpha value is -2.60. The van der Waals surface area contributed by atoms with Gasteiger partial charge in [-0.2, -0.15) is 0 Å². The second kappa shape index (κ2) is 8.67. The molecule has 0 aliphatic rings. The number of benzene rings is 2. The van der Waals surface area contributed by atoms with Crippen molar-refractivity contribution in [2.75, 3.05) is 12.9 Å². The average Bonchev–Trinajstić information content (AvgIpc) is 3.16. The summed E-state index contributed by atoms with van der Waals surface area (Å²) >= 11 is 1.24. The Labute approximate surface area is 156 Å². The molecule has 134 valence electrons. The number of hydrogen-bond acceptors (Lipinski definition) is 6.